The molecule has 0 saturated heterocycles. The highest BCUT2D eigenvalue weighted by Gasteiger charge is 2.22. The number of aliphatic hydroxyl groups excluding tert-OH is 1. The van der Waals surface area contributed by atoms with Crippen LogP contribution in [0.3, 0.4) is 0 Å². The van der Waals surface area contributed by atoms with Gasteiger partial charge in [-0.05, 0) is 38.3 Å². The molecular weight excluding hydrogens is 238 g/mol. The topological polar surface area (TPSA) is 49.3 Å². The van der Waals surface area contributed by atoms with E-state index in [-0.39, 0.29) is 18.1 Å². The molecule has 3 nitrogen and oxygen atoms in total. The highest BCUT2D eigenvalue weighted by atomic mass is 16.3. The van der Waals surface area contributed by atoms with Gasteiger partial charge in [-0.3, -0.25) is 4.79 Å². The quantitative estimate of drug-likeness (QED) is 0.773. The molecule has 1 unspecified atom stereocenters. The molecule has 0 aliphatic carbocycles. The Morgan fingerprint density at radius 3 is 2.79 bits per heavy atom. The van der Waals surface area contributed by atoms with Gasteiger partial charge in [0.1, 0.15) is 0 Å². The fraction of sp³-hybridized carbons (Fsp3) is 0.438. The van der Waals surface area contributed by atoms with E-state index in [0.717, 1.165) is 12.0 Å². The van der Waals surface area contributed by atoms with Gasteiger partial charge in [0, 0.05) is 18.2 Å². The second kappa shape index (κ2) is 7.10. The molecule has 0 fully saturated rings. The molecule has 0 aliphatic rings. The number of hydrogen-bond donors (Lipinski definition) is 2. The number of amides is 1. The van der Waals surface area contributed by atoms with Crippen molar-refractivity contribution >= 4 is 12.0 Å². The van der Waals surface area contributed by atoms with Gasteiger partial charge >= 0.3 is 0 Å². The first kappa shape index (κ1) is 15.4. The van der Waals surface area contributed by atoms with Crippen molar-refractivity contribution in [3.63, 3.8) is 0 Å². The Morgan fingerprint density at radius 2 is 2.21 bits per heavy atom. The summed E-state index contributed by atoms with van der Waals surface area (Å²) in [5, 5.41) is 12.0. The van der Waals surface area contributed by atoms with Crippen molar-refractivity contribution in [1.82, 2.24) is 5.32 Å². The average Bonchev–Trinajstić information content (AvgIpc) is 2.37. The molecule has 0 radical (unpaired) electrons. The number of rotatable bonds is 6. The third-order valence-corrected chi connectivity index (χ3v) is 3.34. The number of aryl methyl sites for hydroxylation is 1. The second-order valence-corrected chi connectivity index (χ2v) is 5.12. The number of aliphatic hydroxyl groups is 1. The fourth-order valence-corrected chi connectivity index (χ4v) is 1.86. The van der Waals surface area contributed by atoms with Crippen LogP contribution in [-0.2, 0) is 4.79 Å². The van der Waals surface area contributed by atoms with Gasteiger partial charge in [0.2, 0.25) is 5.91 Å². The number of carbonyl (C=O) groups excluding carboxylic acids is 1. The van der Waals surface area contributed by atoms with Crippen LogP contribution >= 0.6 is 0 Å². The molecule has 1 aromatic rings. The van der Waals surface area contributed by atoms with E-state index < -0.39 is 0 Å². The lowest BCUT2D eigenvalue weighted by atomic mass is 9.95. The summed E-state index contributed by atoms with van der Waals surface area (Å²) in [7, 11) is 0. The Bertz CT molecular complexity index is 454. The molecule has 2 N–H and O–H groups in total. The molecule has 0 saturated carbocycles. The average molecular weight is 261 g/mol. The third kappa shape index (κ3) is 5.26. The largest absolute Gasteiger partial charge is 0.396 e. The number of hydrogen-bond acceptors (Lipinski definition) is 2. The second-order valence-electron chi connectivity index (χ2n) is 5.12. The van der Waals surface area contributed by atoms with Crippen LogP contribution in [-0.4, -0.2) is 23.2 Å². The first-order chi connectivity index (χ1) is 8.99. The summed E-state index contributed by atoms with van der Waals surface area (Å²) < 4.78 is 0. The summed E-state index contributed by atoms with van der Waals surface area (Å²) in [4.78, 5) is 11.9. The Kier molecular flexibility index (Phi) is 5.77. The summed E-state index contributed by atoms with van der Waals surface area (Å²) in [6, 6.07) is 7.97. The minimum Gasteiger partial charge on any atom is -0.396 e. The summed E-state index contributed by atoms with van der Waals surface area (Å²) >= 11 is 0. The highest BCUT2D eigenvalue weighted by Crippen LogP contribution is 2.13. The van der Waals surface area contributed by atoms with Gasteiger partial charge in [0.15, 0.2) is 0 Å². The van der Waals surface area contributed by atoms with E-state index in [1.807, 2.05) is 45.0 Å². The zero-order valence-corrected chi connectivity index (χ0v) is 11.9. The molecule has 104 valence electrons. The molecule has 1 amide bonds. The molecular formula is C16H23NO2. The van der Waals surface area contributed by atoms with Gasteiger partial charge in [0.05, 0.1) is 0 Å². The lowest BCUT2D eigenvalue weighted by molar-refractivity contribution is -0.118. The molecule has 0 aliphatic heterocycles. The van der Waals surface area contributed by atoms with Crippen LogP contribution in [0.4, 0.5) is 0 Å². The zero-order valence-electron chi connectivity index (χ0n) is 11.9. The van der Waals surface area contributed by atoms with Crippen molar-refractivity contribution in [2.24, 2.45) is 0 Å². The maximum Gasteiger partial charge on any atom is 0.244 e. The lowest BCUT2D eigenvalue weighted by Gasteiger charge is -2.28. The van der Waals surface area contributed by atoms with Crippen LogP contribution in [0.2, 0.25) is 0 Å². The van der Waals surface area contributed by atoms with E-state index in [2.05, 4.69) is 5.32 Å². The first-order valence-corrected chi connectivity index (χ1v) is 6.67. The van der Waals surface area contributed by atoms with Gasteiger partial charge < -0.3 is 10.4 Å². The van der Waals surface area contributed by atoms with Crippen molar-refractivity contribution in [3.8, 4) is 0 Å². The SMILES string of the molecule is CCC(C)(CCO)NC(=O)/C=C/c1cccc(C)c1. The van der Waals surface area contributed by atoms with Crippen LogP contribution in [0.15, 0.2) is 30.3 Å². The fourth-order valence-electron chi connectivity index (χ4n) is 1.86. The predicted octanol–water partition coefficient (Wildman–Crippen LogP) is 2.68. The van der Waals surface area contributed by atoms with E-state index in [1.54, 1.807) is 12.2 Å². The van der Waals surface area contributed by atoms with Crippen molar-refractivity contribution < 1.29 is 9.90 Å². The van der Waals surface area contributed by atoms with Gasteiger partial charge in [-0.1, -0.05) is 36.8 Å². The Labute approximate surface area is 115 Å². The Balaban J connectivity index is 2.64. The van der Waals surface area contributed by atoms with Crippen LogP contribution in [0.25, 0.3) is 6.08 Å². The van der Waals surface area contributed by atoms with Crippen LogP contribution in [0.5, 0.6) is 0 Å². The lowest BCUT2D eigenvalue weighted by Crippen LogP contribution is -2.45. The molecule has 0 heterocycles. The molecule has 0 aromatic heterocycles. The van der Waals surface area contributed by atoms with Gasteiger partial charge in [-0.15, -0.1) is 0 Å². The normalized spacial score (nSPS) is 14.3. The first-order valence-electron chi connectivity index (χ1n) is 6.67. The maximum absolute atomic E-state index is 11.9. The monoisotopic (exact) mass is 261 g/mol. The summed E-state index contributed by atoms with van der Waals surface area (Å²) in [6.45, 7) is 6.04. The standard InChI is InChI=1S/C16H23NO2/c1-4-16(3,10-11-18)17-15(19)9-8-14-7-5-6-13(2)12-14/h5-9,12,18H,4,10-11H2,1-3H3,(H,17,19)/b9-8+. The molecule has 1 aromatic carbocycles. The maximum atomic E-state index is 11.9. The van der Waals surface area contributed by atoms with Crippen molar-refractivity contribution in [3.05, 3.63) is 41.5 Å². The van der Waals surface area contributed by atoms with E-state index >= 15 is 0 Å². The van der Waals surface area contributed by atoms with Gasteiger partial charge in [0.25, 0.3) is 0 Å². The van der Waals surface area contributed by atoms with Gasteiger partial charge in [-0.2, -0.15) is 0 Å². The highest BCUT2D eigenvalue weighted by molar-refractivity contribution is 5.92. The van der Waals surface area contributed by atoms with Crippen molar-refractivity contribution in [1.29, 1.82) is 0 Å². The summed E-state index contributed by atoms with van der Waals surface area (Å²) in [5.41, 5.74) is 1.83. The van der Waals surface area contributed by atoms with Crippen molar-refractivity contribution in [2.45, 2.75) is 39.2 Å². The Morgan fingerprint density at radius 1 is 1.47 bits per heavy atom. The van der Waals surface area contributed by atoms with Crippen LogP contribution in [0.1, 0.15) is 37.8 Å². The number of nitrogens with one attached hydrogen (secondary N) is 1. The van der Waals surface area contributed by atoms with E-state index in [9.17, 15) is 4.79 Å². The van der Waals surface area contributed by atoms with E-state index in [1.165, 1.54) is 5.56 Å². The molecule has 1 atom stereocenters. The predicted molar refractivity (Wildman–Crippen MR) is 78.8 cm³/mol. The molecule has 1 rings (SSSR count). The van der Waals surface area contributed by atoms with Crippen LogP contribution < -0.4 is 5.32 Å². The Hall–Kier alpha value is -1.61. The molecule has 19 heavy (non-hydrogen) atoms. The zero-order chi connectivity index (χ0) is 14.3. The van der Waals surface area contributed by atoms with E-state index in [4.69, 9.17) is 5.11 Å². The minimum absolute atomic E-state index is 0.0756. The number of carbonyl (C=O) groups is 1. The van der Waals surface area contributed by atoms with Crippen LogP contribution in [0, 0.1) is 6.92 Å². The smallest absolute Gasteiger partial charge is 0.244 e. The van der Waals surface area contributed by atoms with Crippen molar-refractivity contribution in [2.75, 3.05) is 6.61 Å². The van der Waals surface area contributed by atoms with Gasteiger partial charge in [-0.25, -0.2) is 0 Å². The number of benzene rings is 1. The molecule has 0 bridgehead atoms. The summed E-state index contributed by atoms with van der Waals surface area (Å²) in [6.07, 6.45) is 4.70. The van der Waals surface area contributed by atoms with E-state index in [0.29, 0.717) is 6.42 Å². The minimum atomic E-state index is -0.344. The summed E-state index contributed by atoms with van der Waals surface area (Å²) in [5.74, 6) is -0.126. The molecule has 3 heteroatoms. The molecule has 0 spiro atoms. The third-order valence-electron chi connectivity index (χ3n) is 3.34.